The Morgan fingerprint density at radius 2 is 2.00 bits per heavy atom. The van der Waals surface area contributed by atoms with E-state index in [-0.39, 0.29) is 0 Å². The first-order valence-electron chi connectivity index (χ1n) is 12.6. The van der Waals surface area contributed by atoms with E-state index in [1.807, 2.05) is 0 Å². The second-order valence-electron chi connectivity index (χ2n) is 10.9. The molecule has 4 nitrogen and oxygen atoms in total. The molecule has 1 aliphatic heterocycles. The van der Waals surface area contributed by atoms with E-state index in [1.165, 1.54) is 45.1 Å². The molecule has 0 aromatic rings. The average molecular weight is 430 g/mol. The number of aliphatic hydroxyl groups excluding tert-OH is 2. The summed E-state index contributed by atoms with van der Waals surface area (Å²) in [6, 6.07) is 0. The van der Waals surface area contributed by atoms with E-state index in [2.05, 4.69) is 37.5 Å². The third kappa shape index (κ3) is 5.03. The lowest BCUT2D eigenvalue weighted by molar-refractivity contribution is 0.0299. The Kier molecular flexibility index (Phi) is 7.42. The summed E-state index contributed by atoms with van der Waals surface area (Å²) in [5.74, 6) is 2.25. The average Bonchev–Trinajstić information content (AvgIpc) is 3.12. The summed E-state index contributed by atoms with van der Waals surface area (Å²) in [5.41, 5.74) is 3.82. The van der Waals surface area contributed by atoms with Crippen molar-refractivity contribution in [2.45, 2.75) is 77.4 Å². The van der Waals surface area contributed by atoms with Gasteiger partial charge in [-0.15, -0.1) is 0 Å². The molecule has 4 heteroatoms. The maximum Gasteiger partial charge on any atom is 0.0811 e. The zero-order chi connectivity index (χ0) is 22.0. The van der Waals surface area contributed by atoms with Gasteiger partial charge in [0.2, 0.25) is 0 Å². The van der Waals surface area contributed by atoms with Gasteiger partial charge in [-0.1, -0.05) is 38.2 Å². The minimum atomic E-state index is -0.604. The van der Waals surface area contributed by atoms with Gasteiger partial charge in [0.15, 0.2) is 0 Å². The number of ether oxygens (including phenoxy) is 1. The van der Waals surface area contributed by atoms with E-state index in [4.69, 9.17) is 4.74 Å². The van der Waals surface area contributed by atoms with Gasteiger partial charge in [-0.25, -0.2) is 0 Å². The van der Waals surface area contributed by atoms with E-state index in [0.29, 0.717) is 24.2 Å². The smallest absolute Gasteiger partial charge is 0.0811 e. The molecule has 0 aromatic heterocycles. The summed E-state index contributed by atoms with van der Waals surface area (Å²) in [6.45, 7) is 14.3. The van der Waals surface area contributed by atoms with Crippen LogP contribution in [0.15, 0.2) is 35.5 Å². The van der Waals surface area contributed by atoms with Gasteiger partial charge >= 0.3 is 0 Å². The van der Waals surface area contributed by atoms with Crippen LogP contribution in [-0.4, -0.2) is 60.2 Å². The normalized spacial score (nSPS) is 41.0. The first-order chi connectivity index (χ1) is 14.9. The molecule has 4 aliphatic rings. The zero-order valence-corrected chi connectivity index (χ0v) is 19.7. The van der Waals surface area contributed by atoms with Crippen LogP contribution in [-0.2, 0) is 4.74 Å². The molecule has 1 saturated heterocycles. The maximum atomic E-state index is 10.2. The standard InChI is InChI=1S/C27H43NO3/c1-19(10-12-28-13-15-31-16-14-28)24-8-9-25-21(5-4-11-27(24,25)3)6-7-22-17-23(29)18-26(30)20(22)2/h6-7,19,23-26,29-30H,2,4-5,8-18H2,1,3H3/t19?,23-,24-,25+,26+,27-/m1/s1. The SMILES string of the molecule is C=C1C(=CC=C2CCC[C@]3(C)[C@@H](C(C)CCN4CCOCC4)CC[C@@H]23)C[C@@H](O)C[C@@H]1O. The zero-order valence-electron chi connectivity index (χ0n) is 19.7. The summed E-state index contributed by atoms with van der Waals surface area (Å²) >= 11 is 0. The highest BCUT2D eigenvalue weighted by atomic mass is 16.5. The third-order valence-corrected chi connectivity index (χ3v) is 8.99. The van der Waals surface area contributed by atoms with Crippen LogP contribution in [0.5, 0.6) is 0 Å². The van der Waals surface area contributed by atoms with Gasteiger partial charge < -0.3 is 14.9 Å². The summed E-state index contributed by atoms with van der Waals surface area (Å²) < 4.78 is 5.50. The van der Waals surface area contributed by atoms with Crippen molar-refractivity contribution in [1.29, 1.82) is 0 Å². The fraction of sp³-hybridized carbons (Fsp3) is 0.778. The number of rotatable bonds is 5. The van der Waals surface area contributed by atoms with Crippen LogP contribution >= 0.6 is 0 Å². The van der Waals surface area contributed by atoms with E-state index in [0.717, 1.165) is 49.3 Å². The Hall–Kier alpha value is -0.940. The fourth-order valence-electron chi connectivity index (χ4n) is 7.09. The van der Waals surface area contributed by atoms with E-state index in [1.54, 1.807) is 5.57 Å². The van der Waals surface area contributed by atoms with Gasteiger partial charge in [0.25, 0.3) is 0 Å². The molecule has 174 valence electrons. The van der Waals surface area contributed by atoms with Crippen molar-refractivity contribution in [2.75, 3.05) is 32.8 Å². The van der Waals surface area contributed by atoms with E-state index in [9.17, 15) is 10.2 Å². The van der Waals surface area contributed by atoms with Crippen molar-refractivity contribution in [3.63, 3.8) is 0 Å². The Bertz CT molecular complexity index is 707. The predicted molar refractivity (Wildman–Crippen MR) is 126 cm³/mol. The van der Waals surface area contributed by atoms with Gasteiger partial charge in [-0.05, 0) is 85.8 Å². The molecule has 31 heavy (non-hydrogen) atoms. The number of hydrogen-bond donors (Lipinski definition) is 2. The molecule has 2 N–H and O–H groups in total. The Labute approximate surface area is 189 Å². The molecule has 1 unspecified atom stereocenters. The first kappa shape index (κ1) is 23.2. The minimum Gasteiger partial charge on any atom is -0.393 e. The lowest BCUT2D eigenvalue weighted by Crippen LogP contribution is -2.39. The van der Waals surface area contributed by atoms with E-state index < -0.39 is 12.2 Å². The molecule has 4 fully saturated rings. The van der Waals surface area contributed by atoms with Gasteiger partial charge in [-0.2, -0.15) is 0 Å². The van der Waals surface area contributed by atoms with Crippen molar-refractivity contribution in [3.05, 3.63) is 35.5 Å². The quantitative estimate of drug-likeness (QED) is 0.676. The van der Waals surface area contributed by atoms with Crippen LogP contribution in [0.1, 0.15) is 65.2 Å². The van der Waals surface area contributed by atoms with Gasteiger partial charge in [0.05, 0.1) is 25.4 Å². The fourth-order valence-corrected chi connectivity index (χ4v) is 7.09. The Morgan fingerprint density at radius 1 is 1.23 bits per heavy atom. The van der Waals surface area contributed by atoms with Crippen LogP contribution in [0.4, 0.5) is 0 Å². The second kappa shape index (κ2) is 9.91. The van der Waals surface area contributed by atoms with Crippen molar-refractivity contribution in [3.8, 4) is 0 Å². The first-order valence-corrected chi connectivity index (χ1v) is 12.6. The van der Waals surface area contributed by atoms with Gasteiger partial charge in [0, 0.05) is 19.5 Å². The minimum absolute atomic E-state index is 0.412. The Balaban J connectivity index is 1.42. The molecule has 0 amide bonds. The van der Waals surface area contributed by atoms with Crippen molar-refractivity contribution in [1.82, 2.24) is 4.90 Å². The molecule has 4 rings (SSSR count). The largest absolute Gasteiger partial charge is 0.393 e. The highest BCUT2D eigenvalue weighted by molar-refractivity contribution is 5.38. The number of nitrogens with zero attached hydrogens (tertiary/aromatic N) is 1. The van der Waals surface area contributed by atoms with E-state index >= 15 is 0 Å². The number of allylic oxidation sites excluding steroid dienone is 3. The lowest BCUT2D eigenvalue weighted by Gasteiger charge is -2.44. The highest BCUT2D eigenvalue weighted by Crippen LogP contribution is 2.59. The number of hydrogen-bond acceptors (Lipinski definition) is 4. The molecule has 6 atom stereocenters. The van der Waals surface area contributed by atoms with Crippen molar-refractivity contribution >= 4 is 0 Å². The summed E-state index contributed by atoms with van der Waals surface area (Å²) in [5, 5.41) is 20.2. The molecule has 0 bridgehead atoms. The van der Waals surface area contributed by atoms with Gasteiger partial charge in [0.1, 0.15) is 0 Å². The molecule has 3 aliphatic carbocycles. The molecule has 0 spiro atoms. The number of fused-ring (bicyclic) bond motifs is 1. The summed E-state index contributed by atoms with van der Waals surface area (Å²) in [4.78, 5) is 2.58. The van der Waals surface area contributed by atoms with Crippen LogP contribution in [0.2, 0.25) is 0 Å². The Morgan fingerprint density at radius 3 is 2.77 bits per heavy atom. The van der Waals surface area contributed by atoms with Crippen LogP contribution in [0.3, 0.4) is 0 Å². The predicted octanol–water partition coefficient (Wildman–Crippen LogP) is 4.49. The second-order valence-corrected chi connectivity index (χ2v) is 10.9. The molecule has 3 saturated carbocycles. The lowest BCUT2D eigenvalue weighted by atomic mass is 9.61. The molecule has 1 heterocycles. The summed E-state index contributed by atoms with van der Waals surface area (Å²) in [7, 11) is 0. The van der Waals surface area contributed by atoms with Gasteiger partial charge in [-0.3, -0.25) is 4.90 Å². The topological polar surface area (TPSA) is 52.9 Å². The van der Waals surface area contributed by atoms with Crippen LogP contribution in [0.25, 0.3) is 0 Å². The maximum absolute atomic E-state index is 10.2. The summed E-state index contributed by atoms with van der Waals surface area (Å²) in [6.07, 6.45) is 12.2. The molecular weight excluding hydrogens is 386 g/mol. The van der Waals surface area contributed by atoms with Crippen molar-refractivity contribution < 1.29 is 14.9 Å². The molecular formula is C27H43NO3. The highest BCUT2D eigenvalue weighted by Gasteiger charge is 2.50. The third-order valence-electron chi connectivity index (χ3n) is 8.99. The van der Waals surface area contributed by atoms with Crippen LogP contribution < -0.4 is 0 Å². The molecule has 0 radical (unpaired) electrons. The van der Waals surface area contributed by atoms with Crippen molar-refractivity contribution in [2.24, 2.45) is 23.2 Å². The molecule has 0 aromatic carbocycles. The number of aliphatic hydroxyl groups is 2. The monoisotopic (exact) mass is 429 g/mol. The van der Waals surface area contributed by atoms with Crippen LogP contribution in [0, 0.1) is 23.2 Å². The number of morpholine rings is 1.